The minimum Gasteiger partial charge on any atom is -0.299 e. The monoisotopic (exact) mass is 312 g/mol. The maximum absolute atomic E-state index is 13.1. The van der Waals surface area contributed by atoms with Gasteiger partial charge in [-0.1, -0.05) is 38.2 Å². The predicted molar refractivity (Wildman–Crippen MR) is 74.0 cm³/mol. The molecule has 1 fully saturated rings. The van der Waals surface area contributed by atoms with Crippen LogP contribution in [0.4, 0.5) is 4.39 Å². The summed E-state index contributed by atoms with van der Waals surface area (Å²) in [4.78, 5) is 12.0. The molecule has 0 radical (unpaired) electrons. The summed E-state index contributed by atoms with van der Waals surface area (Å²) >= 11 is 3.15. The Labute approximate surface area is 116 Å². The highest BCUT2D eigenvalue weighted by Crippen LogP contribution is 2.27. The first-order valence-corrected chi connectivity index (χ1v) is 7.40. The lowest BCUT2D eigenvalue weighted by atomic mass is 9.85. The molecule has 2 rings (SSSR count). The summed E-state index contributed by atoms with van der Waals surface area (Å²) in [5, 5.41) is 0. The standard InChI is InChI=1S/C15H18BrFO/c16-14-10-12(6-7-15(14)17)9-13(18)8-11-4-2-1-3-5-11/h6-7,10-11H,1-5,8-9H2. The van der Waals surface area contributed by atoms with Gasteiger partial charge in [-0.2, -0.15) is 0 Å². The van der Waals surface area contributed by atoms with Crippen LogP contribution in [0.3, 0.4) is 0 Å². The van der Waals surface area contributed by atoms with Crippen LogP contribution in [0, 0.1) is 11.7 Å². The quantitative estimate of drug-likeness (QED) is 0.789. The highest BCUT2D eigenvalue weighted by molar-refractivity contribution is 9.10. The lowest BCUT2D eigenvalue weighted by Gasteiger charge is -2.20. The molecule has 1 saturated carbocycles. The van der Waals surface area contributed by atoms with Gasteiger partial charge in [0.15, 0.2) is 0 Å². The zero-order valence-corrected chi connectivity index (χ0v) is 12.0. The number of hydrogen-bond donors (Lipinski definition) is 0. The van der Waals surface area contributed by atoms with Gasteiger partial charge in [-0.15, -0.1) is 0 Å². The molecule has 0 unspecified atom stereocenters. The van der Waals surface area contributed by atoms with Gasteiger partial charge >= 0.3 is 0 Å². The maximum Gasteiger partial charge on any atom is 0.137 e. The molecule has 1 aromatic carbocycles. The van der Waals surface area contributed by atoms with Crippen LogP contribution in [-0.4, -0.2) is 5.78 Å². The normalized spacial score (nSPS) is 16.8. The third-order valence-electron chi connectivity index (χ3n) is 3.63. The summed E-state index contributed by atoms with van der Waals surface area (Å²) < 4.78 is 13.5. The number of rotatable bonds is 4. The van der Waals surface area contributed by atoms with Gasteiger partial charge in [-0.05, 0) is 39.5 Å². The third-order valence-corrected chi connectivity index (χ3v) is 4.23. The van der Waals surface area contributed by atoms with Gasteiger partial charge in [0, 0.05) is 12.8 Å². The molecular weight excluding hydrogens is 295 g/mol. The minimum absolute atomic E-state index is 0.278. The van der Waals surface area contributed by atoms with E-state index in [1.54, 1.807) is 12.1 Å². The zero-order chi connectivity index (χ0) is 13.0. The van der Waals surface area contributed by atoms with Gasteiger partial charge in [0.05, 0.1) is 4.47 Å². The van der Waals surface area contributed by atoms with E-state index in [0.717, 1.165) is 5.56 Å². The Morgan fingerprint density at radius 3 is 2.67 bits per heavy atom. The Morgan fingerprint density at radius 1 is 1.28 bits per heavy atom. The molecule has 18 heavy (non-hydrogen) atoms. The fourth-order valence-corrected chi connectivity index (χ4v) is 3.09. The molecule has 0 heterocycles. The SMILES string of the molecule is O=C(Cc1ccc(F)c(Br)c1)CC1CCCCC1. The van der Waals surface area contributed by atoms with Crippen LogP contribution < -0.4 is 0 Å². The summed E-state index contributed by atoms with van der Waals surface area (Å²) in [7, 11) is 0. The van der Waals surface area contributed by atoms with Crippen LogP contribution in [0.5, 0.6) is 0 Å². The number of halogens is 2. The molecule has 1 aliphatic carbocycles. The second-order valence-electron chi connectivity index (χ2n) is 5.17. The van der Waals surface area contributed by atoms with Crippen molar-refractivity contribution >= 4 is 21.7 Å². The summed E-state index contributed by atoms with van der Waals surface area (Å²) in [6.45, 7) is 0. The molecule has 0 amide bonds. The summed E-state index contributed by atoms with van der Waals surface area (Å²) in [6, 6.07) is 4.81. The maximum atomic E-state index is 13.1. The van der Waals surface area contributed by atoms with Crippen molar-refractivity contribution in [2.24, 2.45) is 5.92 Å². The summed E-state index contributed by atoms with van der Waals surface area (Å²) in [6.07, 6.45) is 7.35. The van der Waals surface area contributed by atoms with Crippen LogP contribution in [0.1, 0.15) is 44.1 Å². The van der Waals surface area contributed by atoms with Gasteiger partial charge in [0.25, 0.3) is 0 Å². The van der Waals surface area contributed by atoms with E-state index in [1.165, 1.54) is 38.2 Å². The molecule has 0 aliphatic heterocycles. The first-order valence-electron chi connectivity index (χ1n) is 6.61. The van der Waals surface area contributed by atoms with E-state index >= 15 is 0 Å². The molecule has 0 atom stereocenters. The predicted octanol–water partition coefficient (Wildman–Crippen LogP) is 4.67. The van der Waals surface area contributed by atoms with Gasteiger partial charge in [0.2, 0.25) is 0 Å². The topological polar surface area (TPSA) is 17.1 Å². The summed E-state index contributed by atoms with van der Waals surface area (Å²) in [5.41, 5.74) is 0.893. The average Bonchev–Trinajstić information content (AvgIpc) is 2.35. The van der Waals surface area contributed by atoms with E-state index in [0.29, 0.717) is 23.2 Å². The second-order valence-corrected chi connectivity index (χ2v) is 6.03. The van der Waals surface area contributed by atoms with Crippen LogP contribution in [0.25, 0.3) is 0 Å². The first kappa shape index (κ1) is 13.7. The molecular formula is C15H18BrFO. The van der Waals surface area contributed by atoms with Crippen molar-refractivity contribution in [1.82, 2.24) is 0 Å². The number of carbonyl (C=O) groups excluding carboxylic acids is 1. The lowest BCUT2D eigenvalue weighted by molar-refractivity contribution is -0.119. The largest absolute Gasteiger partial charge is 0.299 e. The molecule has 1 aromatic rings. The minimum atomic E-state index is -0.279. The van der Waals surface area contributed by atoms with Crippen molar-refractivity contribution in [1.29, 1.82) is 0 Å². The van der Waals surface area contributed by atoms with Crippen LogP contribution in [-0.2, 0) is 11.2 Å². The van der Waals surface area contributed by atoms with Crippen LogP contribution >= 0.6 is 15.9 Å². The zero-order valence-electron chi connectivity index (χ0n) is 10.4. The van der Waals surface area contributed by atoms with Gasteiger partial charge in [-0.3, -0.25) is 4.79 Å². The number of carbonyl (C=O) groups is 1. The van der Waals surface area contributed by atoms with E-state index in [1.807, 2.05) is 0 Å². The number of hydrogen-bond acceptors (Lipinski definition) is 1. The molecule has 0 bridgehead atoms. The highest BCUT2D eigenvalue weighted by atomic mass is 79.9. The smallest absolute Gasteiger partial charge is 0.137 e. The van der Waals surface area contributed by atoms with Gasteiger partial charge < -0.3 is 0 Å². The van der Waals surface area contributed by atoms with Crippen LogP contribution in [0.15, 0.2) is 22.7 Å². The number of ketones is 1. The Kier molecular flexibility index (Phi) is 4.93. The highest BCUT2D eigenvalue weighted by Gasteiger charge is 2.17. The average molecular weight is 313 g/mol. The number of Topliss-reactive ketones (excluding diaryl/α,β-unsaturated/α-hetero) is 1. The number of benzene rings is 1. The van der Waals surface area contributed by atoms with E-state index in [2.05, 4.69) is 15.9 Å². The molecule has 98 valence electrons. The van der Waals surface area contributed by atoms with Crippen molar-refractivity contribution in [3.05, 3.63) is 34.1 Å². The van der Waals surface area contributed by atoms with E-state index in [-0.39, 0.29) is 11.6 Å². The fraction of sp³-hybridized carbons (Fsp3) is 0.533. The summed E-state index contributed by atoms with van der Waals surface area (Å²) in [5.74, 6) is 0.578. The molecule has 3 heteroatoms. The van der Waals surface area contributed by atoms with Crippen LogP contribution in [0.2, 0.25) is 0 Å². The molecule has 0 aromatic heterocycles. The second kappa shape index (κ2) is 6.46. The van der Waals surface area contributed by atoms with E-state index < -0.39 is 0 Å². The van der Waals surface area contributed by atoms with E-state index in [9.17, 15) is 9.18 Å². The van der Waals surface area contributed by atoms with Gasteiger partial charge in [-0.25, -0.2) is 4.39 Å². The van der Waals surface area contributed by atoms with Crippen molar-refractivity contribution < 1.29 is 9.18 Å². The fourth-order valence-electron chi connectivity index (χ4n) is 2.66. The molecule has 1 nitrogen and oxygen atoms in total. The van der Waals surface area contributed by atoms with Crippen molar-refractivity contribution in [2.75, 3.05) is 0 Å². The van der Waals surface area contributed by atoms with Crippen molar-refractivity contribution in [2.45, 2.75) is 44.9 Å². The molecule has 0 saturated heterocycles. The lowest BCUT2D eigenvalue weighted by Crippen LogP contribution is -2.13. The Hall–Kier alpha value is -0.700. The molecule has 1 aliphatic rings. The Morgan fingerprint density at radius 2 is 2.00 bits per heavy atom. The molecule has 0 N–H and O–H groups in total. The third kappa shape index (κ3) is 3.91. The Balaban J connectivity index is 1.88. The van der Waals surface area contributed by atoms with E-state index in [4.69, 9.17) is 0 Å². The van der Waals surface area contributed by atoms with Gasteiger partial charge in [0.1, 0.15) is 11.6 Å². The first-order chi connectivity index (χ1) is 8.65. The van der Waals surface area contributed by atoms with Crippen molar-refractivity contribution in [3.63, 3.8) is 0 Å². The molecule has 0 spiro atoms. The Bertz CT molecular complexity index is 425. The van der Waals surface area contributed by atoms with Crippen molar-refractivity contribution in [3.8, 4) is 0 Å².